The molecule has 2 amide bonds. The Kier molecular flexibility index (Phi) is 6.48. The first-order valence-corrected chi connectivity index (χ1v) is 7.88. The Labute approximate surface area is 138 Å². The Morgan fingerprint density at radius 2 is 1.92 bits per heavy atom. The predicted octanol–water partition coefficient (Wildman–Crippen LogP) is 1.67. The largest absolute Gasteiger partial charge is 0.465 e. The Bertz CT molecular complexity index is 590. The molecule has 8 heteroatoms. The molecule has 0 saturated carbocycles. The minimum absolute atomic E-state index is 0.159. The Balaban J connectivity index is 1.70. The SMILES string of the molecule is O=C(O)NCCN1CCC(CNC(=O)c2ccc(F)cc2F)CC1. The molecule has 0 bridgehead atoms. The second-order valence-electron chi connectivity index (χ2n) is 5.85. The van der Waals surface area contributed by atoms with Crippen LogP contribution in [-0.2, 0) is 0 Å². The summed E-state index contributed by atoms with van der Waals surface area (Å²) in [5, 5.41) is 13.5. The lowest BCUT2D eigenvalue weighted by molar-refractivity contribution is 0.0932. The molecule has 1 heterocycles. The minimum Gasteiger partial charge on any atom is -0.465 e. The summed E-state index contributed by atoms with van der Waals surface area (Å²) in [6.45, 7) is 3.14. The summed E-state index contributed by atoms with van der Waals surface area (Å²) in [6.07, 6.45) is 0.721. The molecular weight excluding hydrogens is 320 g/mol. The highest BCUT2D eigenvalue weighted by molar-refractivity contribution is 5.94. The maximum Gasteiger partial charge on any atom is 0.404 e. The number of nitrogens with one attached hydrogen (secondary N) is 2. The number of carboxylic acid groups (broad SMARTS) is 1. The van der Waals surface area contributed by atoms with Crippen LogP contribution in [0.5, 0.6) is 0 Å². The van der Waals surface area contributed by atoms with Gasteiger partial charge in [-0.05, 0) is 44.0 Å². The van der Waals surface area contributed by atoms with Crippen molar-refractivity contribution in [2.24, 2.45) is 5.92 Å². The van der Waals surface area contributed by atoms with E-state index in [1.807, 2.05) is 0 Å². The van der Waals surface area contributed by atoms with Gasteiger partial charge < -0.3 is 20.6 Å². The van der Waals surface area contributed by atoms with Gasteiger partial charge in [0.1, 0.15) is 11.6 Å². The van der Waals surface area contributed by atoms with Crippen LogP contribution in [0.4, 0.5) is 13.6 Å². The monoisotopic (exact) mass is 341 g/mol. The molecule has 3 N–H and O–H groups in total. The number of piperidine rings is 1. The molecule has 0 atom stereocenters. The molecule has 2 rings (SSSR count). The van der Waals surface area contributed by atoms with Crippen LogP contribution in [0.3, 0.4) is 0 Å². The van der Waals surface area contributed by atoms with Crippen LogP contribution in [-0.4, -0.2) is 54.7 Å². The van der Waals surface area contributed by atoms with Gasteiger partial charge in [0.2, 0.25) is 0 Å². The molecule has 0 aromatic heterocycles. The van der Waals surface area contributed by atoms with Crippen molar-refractivity contribution in [2.45, 2.75) is 12.8 Å². The fraction of sp³-hybridized carbons (Fsp3) is 0.500. The van der Waals surface area contributed by atoms with Crippen LogP contribution in [0.15, 0.2) is 18.2 Å². The quantitative estimate of drug-likeness (QED) is 0.735. The lowest BCUT2D eigenvalue weighted by Crippen LogP contribution is -2.41. The van der Waals surface area contributed by atoms with Crippen molar-refractivity contribution in [1.29, 1.82) is 0 Å². The highest BCUT2D eigenvalue weighted by Crippen LogP contribution is 2.16. The number of rotatable bonds is 6. The van der Waals surface area contributed by atoms with Gasteiger partial charge in [-0.3, -0.25) is 4.79 Å². The van der Waals surface area contributed by atoms with E-state index in [9.17, 15) is 18.4 Å². The third-order valence-corrected chi connectivity index (χ3v) is 4.14. The normalized spacial score (nSPS) is 15.9. The molecule has 132 valence electrons. The molecule has 1 aromatic rings. The highest BCUT2D eigenvalue weighted by atomic mass is 19.1. The molecule has 1 fully saturated rings. The molecular formula is C16H21F2N3O3. The van der Waals surface area contributed by atoms with Crippen molar-refractivity contribution in [3.63, 3.8) is 0 Å². The zero-order valence-corrected chi connectivity index (χ0v) is 13.2. The highest BCUT2D eigenvalue weighted by Gasteiger charge is 2.20. The summed E-state index contributed by atoms with van der Waals surface area (Å²) in [4.78, 5) is 24.5. The topological polar surface area (TPSA) is 81.7 Å². The predicted molar refractivity (Wildman–Crippen MR) is 83.9 cm³/mol. The van der Waals surface area contributed by atoms with Gasteiger partial charge in [-0.1, -0.05) is 0 Å². The molecule has 24 heavy (non-hydrogen) atoms. The van der Waals surface area contributed by atoms with Gasteiger partial charge in [0, 0.05) is 25.7 Å². The molecule has 0 radical (unpaired) electrons. The van der Waals surface area contributed by atoms with Crippen LogP contribution < -0.4 is 10.6 Å². The summed E-state index contributed by atoms with van der Waals surface area (Å²) in [5.41, 5.74) is -0.159. The van der Waals surface area contributed by atoms with Crippen LogP contribution in [0.25, 0.3) is 0 Å². The van der Waals surface area contributed by atoms with Gasteiger partial charge >= 0.3 is 6.09 Å². The maximum absolute atomic E-state index is 13.5. The number of benzene rings is 1. The summed E-state index contributed by atoms with van der Waals surface area (Å²) in [6, 6.07) is 2.89. The van der Waals surface area contributed by atoms with E-state index in [2.05, 4.69) is 15.5 Å². The number of halogens is 2. The first-order chi connectivity index (χ1) is 11.5. The first-order valence-electron chi connectivity index (χ1n) is 7.88. The molecule has 0 aliphatic carbocycles. The second-order valence-corrected chi connectivity index (χ2v) is 5.85. The summed E-state index contributed by atoms with van der Waals surface area (Å²) >= 11 is 0. The Morgan fingerprint density at radius 3 is 2.54 bits per heavy atom. The molecule has 6 nitrogen and oxygen atoms in total. The fourth-order valence-electron chi connectivity index (χ4n) is 2.74. The summed E-state index contributed by atoms with van der Waals surface area (Å²) in [7, 11) is 0. The smallest absolute Gasteiger partial charge is 0.404 e. The molecule has 1 saturated heterocycles. The van der Waals surface area contributed by atoms with E-state index in [0.29, 0.717) is 31.6 Å². The zero-order valence-electron chi connectivity index (χ0n) is 13.2. The second kappa shape index (κ2) is 8.58. The lowest BCUT2D eigenvalue weighted by atomic mass is 9.96. The van der Waals surface area contributed by atoms with E-state index in [-0.39, 0.29) is 5.56 Å². The molecule has 1 aliphatic heterocycles. The summed E-state index contributed by atoms with van der Waals surface area (Å²) < 4.78 is 26.4. The van der Waals surface area contributed by atoms with Gasteiger partial charge in [-0.2, -0.15) is 0 Å². The molecule has 0 spiro atoms. The van der Waals surface area contributed by atoms with Gasteiger partial charge in [0.05, 0.1) is 5.56 Å². The standard InChI is InChI=1S/C16H21F2N3O3/c17-12-1-2-13(14(18)9-12)15(22)20-10-11-3-6-21(7-4-11)8-5-19-16(23)24/h1-2,9,11,19H,3-8,10H2,(H,20,22)(H,23,24). The maximum atomic E-state index is 13.5. The van der Waals surface area contributed by atoms with Gasteiger partial charge in [-0.15, -0.1) is 0 Å². The van der Waals surface area contributed by atoms with Gasteiger partial charge in [0.15, 0.2) is 0 Å². The van der Waals surface area contributed by atoms with E-state index in [4.69, 9.17) is 5.11 Å². The van der Waals surface area contributed by atoms with Crippen LogP contribution >= 0.6 is 0 Å². The van der Waals surface area contributed by atoms with E-state index >= 15 is 0 Å². The number of hydrogen-bond acceptors (Lipinski definition) is 3. The van der Waals surface area contributed by atoms with E-state index < -0.39 is 23.6 Å². The molecule has 1 aromatic carbocycles. The van der Waals surface area contributed by atoms with Crippen molar-refractivity contribution in [2.75, 3.05) is 32.7 Å². The van der Waals surface area contributed by atoms with E-state index in [0.717, 1.165) is 38.1 Å². The number of amides is 2. The third-order valence-electron chi connectivity index (χ3n) is 4.14. The fourth-order valence-corrected chi connectivity index (χ4v) is 2.74. The van der Waals surface area contributed by atoms with Crippen molar-refractivity contribution >= 4 is 12.0 Å². The van der Waals surface area contributed by atoms with Crippen LogP contribution in [0.1, 0.15) is 23.2 Å². The lowest BCUT2D eigenvalue weighted by Gasteiger charge is -2.31. The third kappa shape index (κ3) is 5.45. The Hall–Kier alpha value is -2.22. The average molecular weight is 341 g/mol. The van der Waals surface area contributed by atoms with Crippen LogP contribution in [0, 0.1) is 17.6 Å². The number of likely N-dealkylation sites (tertiary alicyclic amines) is 1. The van der Waals surface area contributed by atoms with Crippen LogP contribution in [0.2, 0.25) is 0 Å². The first kappa shape index (κ1) is 18.1. The van der Waals surface area contributed by atoms with Crippen molar-refractivity contribution in [3.05, 3.63) is 35.4 Å². The zero-order chi connectivity index (χ0) is 17.5. The van der Waals surface area contributed by atoms with Gasteiger partial charge in [-0.25, -0.2) is 13.6 Å². The van der Waals surface area contributed by atoms with Crippen molar-refractivity contribution < 1.29 is 23.5 Å². The molecule has 1 aliphatic rings. The summed E-state index contributed by atoms with van der Waals surface area (Å²) in [5.74, 6) is -1.83. The Morgan fingerprint density at radius 1 is 1.21 bits per heavy atom. The average Bonchev–Trinajstić information content (AvgIpc) is 2.53. The van der Waals surface area contributed by atoms with E-state index in [1.54, 1.807) is 0 Å². The van der Waals surface area contributed by atoms with E-state index in [1.165, 1.54) is 0 Å². The van der Waals surface area contributed by atoms with Crippen molar-refractivity contribution in [1.82, 2.24) is 15.5 Å². The number of hydrogen-bond donors (Lipinski definition) is 3. The van der Waals surface area contributed by atoms with Gasteiger partial charge in [0.25, 0.3) is 5.91 Å². The number of carbonyl (C=O) groups excluding carboxylic acids is 1. The number of carbonyl (C=O) groups is 2. The number of nitrogens with zero attached hydrogens (tertiary/aromatic N) is 1. The molecule has 0 unspecified atom stereocenters. The van der Waals surface area contributed by atoms with Crippen molar-refractivity contribution in [3.8, 4) is 0 Å². The minimum atomic E-state index is -1.03.